The van der Waals surface area contributed by atoms with Crippen molar-refractivity contribution in [1.29, 1.82) is 0 Å². The first kappa shape index (κ1) is 15.8. The fraction of sp³-hybridized carbons (Fsp3) is 0.333. The Labute approximate surface area is 121 Å². The predicted octanol–water partition coefficient (Wildman–Crippen LogP) is 2.30. The van der Waals surface area contributed by atoms with Crippen LogP contribution in [0.5, 0.6) is 5.75 Å². The van der Waals surface area contributed by atoms with Gasteiger partial charge in [0, 0.05) is 18.6 Å². The maximum Gasteiger partial charge on any atom is 0.271 e. The maximum atomic E-state index is 11.5. The molecule has 0 unspecified atom stereocenters. The molecule has 0 saturated heterocycles. The van der Waals surface area contributed by atoms with Gasteiger partial charge in [-0.2, -0.15) is 0 Å². The van der Waals surface area contributed by atoms with Crippen molar-refractivity contribution in [2.75, 3.05) is 5.32 Å². The number of phenols is 1. The summed E-state index contributed by atoms with van der Waals surface area (Å²) in [5, 5.41) is 25.2. The predicted molar refractivity (Wildman–Crippen MR) is 78.6 cm³/mol. The Balaban J connectivity index is 2.68. The molecule has 0 aromatic heterocycles. The molecule has 0 spiro atoms. The summed E-state index contributed by atoms with van der Waals surface area (Å²) in [6.45, 7) is 1.96. The number of non-ortho nitro benzene ring substituents is 1. The molecule has 20 heavy (non-hydrogen) atoms. The number of thiocarbonyl (C=S) groups is 1. The van der Waals surface area contributed by atoms with Gasteiger partial charge in [-0.1, -0.05) is 13.3 Å². The normalized spacial score (nSPS) is 9.85. The first-order valence-corrected chi connectivity index (χ1v) is 6.43. The molecule has 0 bridgehead atoms. The van der Waals surface area contributed by atoms with Gasteiger partial charge in [0.1, 0.15) is 5.75 Å². The number of rotatable bonds is 5. The van der Waals surface area contributed by atoms with Crippen LogP contribution in [-0.4, -0.2) is 21.0 Å². The zero-order chi connectivity index (χ0) is 15.1. The summed E-state index contributed by atoms with van der Waals surface area (Å²) in [7, 11) is 0. The maximum absolute atomic E-state index is 11.5. The van der Waals surface area contributed by atoms with Crippen molar-refractivity contribution in [2.45, 2.75) is 26.2 Å². The summed E-state index contributed by atoms with van der Waals surface area (Å²) < 4.78 is 0. The van der Waals surface area contributed by atoms with Crippen LogP contribution in [-0.2, 0) is 4.79 Å². The molecule has 0 heterocycles. The molecule has 1 aromatic rings. The summed E-state index contributed by atoms with van der Waals surface area (Å²) in [5.74, 6) is -0.435. The number of hydrogen-bond donors (Lipinski definition) is 3. The lowest BCUT2D eigenvalue weighted by atomic mass is 10.2. The van der Waals surface area contributed by atoms with Crippen LogP contribution in [0.15, 0.2) is 18.2 Å². The van der Waals surface area contributed by atoms with Crippen molar-refractivity contribution in [3.8, 4) is 5.75 Å². The molecule has 0 fully saturated rings. The third kappa shape index (κ3) is 4.81. The van der Waals surface area contributed by atoms with Crippen molar-refractivity contribution in [1.82, 2.24) is 5.32 Å². The van der Waals surface area contributed by atoms with E-state index in [1.807, 2.05) is 6.92 Å². The Morgan fingerprint density at radius 2 is 2.20 bits per heavy atom. The van der Waals surface area contributed by atoms with Crippen LogP contribution in [0.4, 0.5) is 11.4 Å². The standard InChI is InChI=1S/C12H15N3O4S/c1-2-3-4-11(17)14-12(20)13-9-7-8(15(18)19)5-6-10(9)16/h5-7,16H,2-4H2,1H3,(H2,13,14,17,20). The zero-order valence-corrected chi connectivity index (χ0v) is 11.7. The van der Waals surface area contributed by atoms with Crippen molar-refractivity contribution in [3.05, 3.63) is 28.3 Å². The van der Waals surface area contributed by atoms with E-state index in [0.29, 0.717) is 6.42 Å². The number of nitro groups is 1. The van der Waals surface area contributed by atoms with Crippen molar-refractivity contribution in [3.63, 3.8) is 0 Å². The number of carbonyl (C=O) groups excluding carboxylic acids is 1. The SMILES string of the molecule is CCCCC(=O)NC(=S)Nc1cc([N+](=O)[O-])ccc1O. The number of anilines is 1. The Morgan fingerprint density at radius 3 is 2.80 bits per heavy atom. The summed E-state index contributed by atoms with van der Waals surface area (Å²) in [6.07, 6.45) is 1.98. The van der Waals surface area contributed by atoms with Crippen LogP contribution in [0.1, 0.15) is 26.2 Å². The number of nitro benzene ring substituents is 1. The molecule has 0 aliphatic rings. The number of benzene rings is 1. The first-order valence-electron chi connectivity index (χ1n) is 6.02. The van der Waals surface area contributed by atoms with Gasteiger partial charge in [-0.15, -0.1) is 0 Å². The molecule has 7 nitrogen and oxygen atoms in total. The second-order valence-corrected chi connectivity index (χ2v) is 4.47. The lowest BCUT2D eigenvalue weighted by Gasteiger charge is -2.10. The van der Waals surface area contributed by atoms with E-state index in [1.165, 1.54) is 12.1 Å². The molecule has 0 aliphatic carbocycles. The monoisotopic (exact) mass is 297 g/mol. The number of nitrogens with zero attached hydrogens (tertiary/aromatic N) is 1. The van der Waals surface area contributed by atoms with E-state index in [0.717, 1.165) is 18.9 Å². The van der Waals surface area contributed by atoms with Gasteiger partial charge in [0.15, 0.2) is 5.11 Å². The lowest BCUT2D eigenvalue weighted by molar-refractivity contribution is -0.384. The number of unbranched alkanes of at least 4 members (excludes halogenated alkanes) is 1. The molecule has 0 radical (unpaired) electrons. The fourth-order valence-electron chi connectivity index (χ4n) is 1.42. The molecule has 0 atom stereocenters. The van der Waals surface area contributed by atoms with Crippen LogP contribution >= 0.6 is 12.2 Å². The topological polar surface area (TPSA) is 104 Å². The molecule has 0 aliphatic heterocycles. The Bertz CT molecular complexity index is 533. The summed E-state index contributed by atoms with van der Waals surface area (Å²) in [4.78, 5) is 21.5. The van der Waals surface area contributed by atoms with Crippen molar-refractivity contribution >= 4 is 34.6 Å². The summed E-state index contributed by atoms with van der Waals surface area (Å²) >= 11 is 4.91. The molecular formula is C12H15N3O4S. The fourth-order valence-corrected chi connectivity index (χ4v) is 1.64. The van der Waals surface area contributed by atoms with Crippen molar-refractivity contribution < 1.29 is 14.8 Å². The van der Waals surface area contributed by atoms with Crippen molar-refractivity contribution in [2.24, 2.45) is 0 Å². The minimum Gasteiger partial charge on any atom is -0.506 e. The molecule has 8 heteroatoms. The average Bonchev–Trinajstić information content (AvgIpc) is 2.38. The number of hydrogen-bond acceptors (Lipinski definition) is 5. The highest BCUT2D eigenvalue weighted by Gasteiger charge is 2.12. The van der Waals surface area contributed by atoms with E-state index < -0.39 is 4.92 Å². The van der Waals surface area contributed by atoms with Gasteiger partial charge in [-0.3, -0.25) is 14.9 Å². The molecule has 3 N–H and O–H groups in total. The third-order valence-electron chi connectivity index (χ3n) is 2.45. The Morgan fingerprint density at radius 1 is 1.50 bits per heavy atom. The van der Waals surface area contributed by atoms with Crippen LogP contribution in [0.3, 0.4) is 0 Å². The van der Waals surface area contributed by atoms with Gasteiger partial charge in [0.2, 0.25) is 5.91 Å². The summed E-state index contributed by atoms with van der Waals surface area (Å²) in [6, 6.07) is 3.49. The highest BCUT2D eigenvalue weighted by molar-refractivity contribution is 7.80. The highest BCUT2D eigenvalue weighted by atomic mass is 32.1. The third-order valence-corrected chi connectivity index (χ3v) is 2.65. The highest BCUT2D eigenvalue weighted by Crippen LogP contribution is 2.27. The Hall–Kier alpha value is -2.22. The van der Waals surface area contributed by atoms with Crippen LogP contribution in [0.2, 0.25) is 0 Å². The molecule has 1 rings (SSSR count). The van der Waals surface area contributed by atoms with E-state index in [-0.39, 0.29) is 28.1 Å². The second kappa shape index (κ2) is 7.39. The molecule has 1 aromatic carbocycles. The average molecular weight is 297 g/mol. The van der Waals surface area contributed by atoms with Gasteiger partial charge < -0.3 is 15.7 Å². The lowest BCUT2D eigenvalue weighted by Crippen LogP contribution is -2.33. The number of amides is 1. The van der Waals surface area contributed by atoms with E-state index >= 15 is 0 Å². The van der Waals surface area contributed by atoms with Gasteiger partial charge in [0.25, 0.3) is 5.69 Å². The minimum absolute atomic E-state index is 0.0121. The summed E-state index contributed by atoms with van der Waals surface area (Å²) in [5.41, 5.74) is -0.120. The first-order chi connectivity index (χ1) is 9.43. The zero-order valence-electron chi connectivity index (χ0n) is 10.9. The van der Waals surface area contributed by atoms with E-state index in [1.54, 1.807) is 0 Å². The second-order valence-electron chi connectivity index (χ2n) is 4.06. The number of carbonyl (C=O) groups is 1. The van der Waals surface area contributed by atoms with Gasteiger partial charge in [-0.25, -0.2) is 0 Å². The molecule has 108 valence electrons. The molecular weight excluding hydrogens is 282 g/mol. The quantitative estimate of drug-likeness (QED) is 0.333. The molecule has 0 saturated carbocycles. The Kier molecular flexibility index (Phi) is 5.85. The minimum atomic E-state index is -0.590. The number of nitrogens with one attached hydrogen (secondary N) is 2. The van der Waals surface area contributed by atoms with Gasteiger partial charge in [0.05, 0.1) is 10.6 Å². The van der Waals surface area contributed by atoms with Crippen LogP contribution in [0, 0.1) is 10.1 Å². The number of phenolic OH excluding ortho intramolecular Hbond substituents is 1. The van der Waals surface area contributed by atoms with E-state index in [4.69, 9.17) is 12.2 Å². The molecule has 1 amide bonds. The van der Waals surface area contributed by atoms with Crippen LogP contribution < -0.4 is 10.6 Å². The smallest absolute Gasteiger partial charge is 0.271 e. The van der Waals surface area contributed by atoms with Gasteiger partial charge >= 0.3 is 0 Å². The van der Waals surface area contributed by atoms with Crippen LogP contribution in [0.25, 0.3) is 0 Å². The van der Waals surface area contributed by atoms with Gasteiger partial charge in [-0.05, 0) is 24.7 Å². The van der Waals surface area contributed by atoms with E-state index in [9.17, 15) is 20.0 Å². The number of aromatic hydroxyl groups is 1. The van der Waals surface area contributed by atoms with E-state index in [2.05, 4.69) is 10.6 Å². The largest absolute Gasteiger partial charge is 0.506 e.